The largest absolute Gasteiger partial charge is 0.442 e. The second kappa shape index (κ2) is 12.3. The van der Waals surface area contributed by atoms with Gasteiger partial charge in [-0.2, -0.15) is 0 Å². The Labute approximate surface area is 213 Å². The predicted octanol–water partition coefficient (Wildman–Crippen LogP) is 4.49. The van der Waals surface area contributed by atoms with Crippen molar-refractivity contribution in [2.75, 3.05) is 25.5 Å². The molecule has 1 atom stereocenters. The number of benzene rings is 2. The van der Waals surface area contributed by atoms with Gasteiger partial charge in [-0.1, -0.05) is 61.7 Å². The smallest absolute Gasteiger partial charge is 0.231 e. The van der Waals surface area contributed by atoms with Gasteiger partial charge in [-0.3, -0.25) is 4.79 Å². The van der Waals surface area contributed by atoms with Gasteiger partial charge in [0.1, 0.15) is 5.76 Å². The van der Waals surface area contributed by atoms with Crippen LogP contribution in [-0.4, -0.2) is 46.1 Å². The van der Waals surface area contributed by atoms with Gasteiger partial charge in [0.2, 0.25) is 11.8 Å². The first kappa shape index (κ1) is 26.1. The highest BCUT2D eigenvalue weighted by atomic mass is 16.4. The number of likely N-dealkylation sites (N-methyl/N-ethyl adjacent to an activating group) is 1. The summed E-state index contributed by atoms with van der Waals surface area (Å²) in [7, 11) is 1.98. The molecular formula is C29H37N3O4. The van der Waals surface area contributed by atoms with Gasteiger partial charge in [-0.15, -0.1) is 0 Å². The summed E-state index contributed by atoms with van der Waals surface area (Å²) in [6.07, 6.45) is 8.08. The van der Waals surface area contributed by atoms with Gasteiger partial charge in [0.15, 0.2) is 5.60 Å². The number of hydrogen-bond acceptors (Lipinski definition) is 6. The molecule has 36 heavy (non-hydrogen) atoms. The fraction of sp³-hybridized carbons (Fsp3) is 0.448. The van der Waals surface area contributed by atoms with Crippen LogP contribution in [0.2, 0.25) is 0 Å². The average molecular weight is 492 g/mol. The third-order valence-electron chi connectivity index (χ3n) is 7.17. The Morgan fingerprint density at radius 3 is 2.50 bits per heavy atom. The van der Waals surface area contributed by atoms with Crippen molar-refractivity contribution < 1.29 is 19.4 Å². The molecule has 1 heterocycles. The van der Waals surface area contributed by atoms with Crippen molar-refractivity contribution in [3.8, 4) is 0 Å². The summed E-state index contributed by atoms with van der Waals surface area (Å²) in [5, 5.41) is 24.0. The van der Waals surface area contributed by atoms with E-state index in [9.17, 15) is 9.90 Å². The molecule has 1 aromatic heterocycles. The Balaban J connectivity index is 1.32. The Hall–Kier alpha value is -3.00. The third kappa shape index (κ3) is 6.40. The Kier molecular flexibility index (Phi) is 8.91. The third-order valence-corrected chi connectivity index (χ3v) is 7.17. The van der Waals surface area contributed by atoms with Crippen LogP contribution in [0.3, 0.4) is 0 Å². The molecule has 1 amide bonds. The lowest BCUT2D eigenvalue weighted by Gasteiger charge is -2.36. The topological polar surface area (TPSA) is 98.8 Å². The fourth-order valence-corrected chi connectivity index (χ4v) is 4.97. The van der Waals surface area contributed by atoms with Crippen LogP contribution in [0.5, 0.6) is 0 Å². The summed E-state index contributed by atoms with van der Waals surface area (Å²) in [6.45, 7) is 1.30. The number of nitrogens with one attached hydrogen (secondary N) is 1. The maximum absolute atomic E-state index is 12.3. The number of carbonyl (C=O) groups is 1. The maximum Gasteiger partial charge on any atom is 0.231 e. The van der Waals surface area contributed by atoms with Crippen molar-refractivity contribution >= 4 is 11.6 Å². The highest BCUT2D eigenvalue weighted by Gasteiger charge is 2.44. The summed E-state index contributed by atoms with van der Waals surface area (Å²) in [5.74, 6) is 1.14. The quantitative estimate of drug-likeness (QED) is 0.366. The molecule has 0 saturated heterocycles. The lowest BCUT2D eigenvalue weighted by molar-refractivity contribution is -0.116. The highest BCUT2D eigenvalue weighted by molar-refractivity contribution is 5.90. The Bertz CT molecular complexity index is 1090. The van der Waals surface area contributed by atoms with Crippen molar-refractivity contribution in [2.24, 2.45) is 5.92 Å². The van der Waals surface area contributed by atoms with Crippen molar-refractivity contribution in [1.82, 2.24) is 9.88 Å². The van der Waals surface area contributed by atoms with E-state index in [-0.39, 0.29) is 18.4 Å². The molecule has 7 nitrogen and oxygen atoms in total. The summed E-state index contributed by atoms with van der Waals surface area (Å²) in [6, 6.07) is 16.9. The van der Waals surface area contributed by atoms with Crippen molar-refractivity contribution in [2.45, 2.75) is 57.2 Å². The number of aliphatic hydroxyl groups excluding tert-OH is 1. The second-order valence-electron chi connectivity index (χ2n) is 9.81. The average Bonchev–Trinajstić information content (AvgIpc) is 3.41. The van der Waals surface area contributed by atoms with Crippen LogP contribution >= 0.6 is 0 Å². The lowest BCUT2D eigenvalue weighted by atomic mass is 9.73. The van der Waals surface area contributed by atoms with Crippen LogP contribution in [0.1, 0.15) is 61.3 Å². The number of rotatable bonds is 11. The van der Waals surface area contributed by atoms with Crippen LogP contribution in [0, 0.1) is 5.92 Å². The molecule has 3 aromatic rings. The maximum atomic E-state index is 12.3. The van der Waals surface area contributed by atoms with E-state index < -0.39 is 5.60 Å². The zero-order valence-electron chi connectivity index (χ0n) is 21.0. The van der Waals surface area contributed by atoms with Gasteiger partial charge >= 0.3 is 0 Å². The van der Waals surface area contributed by atoms with E-state index in [4.69, 9.17) is 9.52 Å². The van der Waals surface area contributed by atoms with Crippen LogP contribution in [0.25, 0.3) is 0 Å². The second-order valence-corrected chi connectivity index (χ2v) is 9.81. The molecule has 1 aliphatic carbocycles. The monoisotopic (exact) mass is 491 g/mol. The van der Waals surface area contributed by atoms with Crippen LogP contribution in [0.15, 0.2) is 65.2 Å². The summed E-state index contributed by atoms with van der Waals surface area (Å²) >= 11 is 0. The molecule has 2 aromatic carbocycles. The number of anilines is 1. The number of carbonyl (C=O) groups excluding carboxylic acids is 1. The molecule has 192 valence electrons. The molecule has 3 N–H and O–H groups in total. The van der Waals surface area contributed by atoms with Crippen LogP contribution in [0.4, 0.5) is 5.69 Å². The van der Waals surface area contributed by atoms with E-state index in [2.05, 4.69) is 15.2 Å². The molecule has 7 heteroatoms. The van der Waals surface area contributed by atoms with Gasteiger partial charge in [-0.25, -0.2) is 4.98 Å². The van der Waals surface area contributed by atoms with Crippen LogP contribution in [-0.2, 0) is 23.4 Å². The number of nitrogens with zero attached hydrogens (tertiary/aromatic N) is 2. The van der Waals surface area contributed by atoms with E-state index in [0.717, 1.165) is 48.3 Å². The molecular weight excluding hydrogens is 454 g/mol. The predicted molar refractivity (Wildman–Crippen MR) is 139 cm³/mol. The van der Waals surface area contributed by atoms with Gasteiger partial charge in [-0.05, 0) is 43.1 Å². The number of aliphatic hydroxyl groups is 2. The minimum absolute atomic E-state index is 0.0160. The first-order chi connectivity index (χ1) is 17.5. The molecule has 4 rings (SSSR count). The zero-order valence-corrected chi connectivity index (χ0v) is 21.0. The zero-order chi connectivity index (χ0) is 25.4. The molecule has 0 spiro atoms. The number of amides is 1. The first-order valence-corrected chi connectivity index (χ1v) is 12.9. The van der Waals surface area contributed by atoms with Gasteiger partial charge < -0.3 is 24.8 Å². The van der Waals surface area contributed by atoms with Crippen molar-refractivity contribution in [1.29, 1.82) is 0 Å². The minimum atomic E-state index is -1.22. The molecule has 0 aliphatic heterocycles. The van der Waals surface area contributed by atoms with E-state index in [1.807, 2.05) is 37.4 Å². The van der Waals surface area contributed by atoms with E-state index >= 15 is 0 Å². The standard InChI is InChI=1S/C29H37N3O4/c1-32(19-17-27(34)31-25-14-12-22(21-33)13-15-25)18-16-26-20-30-28(36-26)29(35,23-8-4-2-5-9-23)24-10-6-3-7-11-24/h2,4-5,8-9,12-15,20,24,33,35H,3,6-7,10-11,16-19,21H2,1H3,(H,31,34). The lowest BCUT2D eigenvalue weighted by Crippen LogP contribution is -2.38. The minimum Gasteiger partial charge on any atom is -0.442 e. The Morgan fingerprint density at radius 2 is 1.81 bits per heavy atom. The summed E-state index contributed by atoms with van der Waals surface area (Å²) in [5.41, 5.74) is 1.14. The number of aromatic nitrogens is 1. The van der Waals surface area contributed by atoms with E-state index in [1.165, 1.54) is 6.42 Å². The normalized spacial score (nSPS) is 16.1. The molecule has 0 bridgehead atoms. The Morgan fingerprint density at radius 1 is 1.08 bits per heavy atom. The van der Waals surface area contributed by atoms with Crippen LogP contribution < -0.4 is 5.32 Å². The van der Waals surface area contributed by atoms with E-state index in [0.29, 0.717) is 31.8 Å². The fourth-order valence-electron chi connectivity index (χ4n) is 4.97. The van der Waals surface area contributed by atoms with E-state index in [1.54, 1.807) is 30.5 Å². The van der Waals surface area contributed by atoms with Crippen molar-refractivity contribution in [3.05, 3.63) is 83.6 Å². The highest BCUT2D eigenvalue weighted by Crippen LogP contribution is 2.43. The number of oxazole rings is 1. The van der Waals surface area contributed by atoms with Crippen molar-refractivity contribution in [3.63, 3.8) is 0 Å². The SMILES string of the molecule is CN(CCC(=O)Nc1ccc(CO)cc1)CCc1cnc(C(O)(c2ccccc2)C2CCCCC2)o1. The van der Waals surface area contributed by atoms with Gasteiger partial charge in [0.05, 0.1) is 12.8 Å². The molecule has 1 aliphatic rings. The van der Waals surface area contributed by atoms with Gasteiger partial charge in [0, 0.05) is 37.5 Å². The number of hydrogen-bond donors (Lipinski definition) is 3. The molecule has 1 saturated carbocycles. The summed E-state index contributed by atoms with van der Waals surface area (Å²) in [4.78, 5) is 18.9. The first-order valence-electron chi connectivity index (χ1n) is 12.9. The van der Waals surface area contributed by atoms with Gasteiger partial charge in [0.25, 0.3) is 0 Å². The molecule has 1 fully saturated rings. The molecule has 1 unspecified atom stereocenters. The summed E-state index contributed by atoms with van der Waals surface area (Å²) < 4.78 is 6.15. The molecule has 0 radical (unpaired) electrons.